The third-order valence-corrected chi connectivity index (χ3v) is 5.73. The van der Waals surface area contributed by atoms with Crippen molar-refractivity contribution in [2.45, 2.75) is 46.6 Å². The molecule has 3 aromatic rings. The van der Waals surface area contributed by atoms with E-state index in [4.69, 9.17) is 9.72 Å². The minimum atomic E-state index is -0.803. The summed E-state index contributed by atoms with van der Waals surface area (Å²) < 4.78 is 8.60. The van der Waals surface area contributed by atoms with Crippen LogP contribution in [0.25, 0.3) is 22.2 Å². The highest BCUT2D eigenvalue weighted by molar-refractivity contribution is 5.91. The van der Waals surface area contributed by atoms with E-state index in [9.17, 15) is 10.4 Å². The van der Waals surface area contributed by atoms with E-state index in [1.54, 1.807) is 61.1 Å². The zero-order valence-electron chi connectivity index (χ0n) is 20.0. The van der Waals surface area contributed by atoms with Crippen LogP contribution in [0.3, 0.4) is 0 Å². The molecular formula is C25H30N6O2. The van der Waals surface area contributed by atoms with Crippen molar-refractivity contribution in [1.29, 1.82) is 5.26 Å². The summed E-state index contributed by atoms with van der Waals surface area (Å²) in [5.74, 6) is 0.916. The molecule has 33 heavy (non-hydrogen) atoms. The van der Waals surface area contributed by atoms with Gasteiger partial charge in [-0.15, -0.1) is 0 Å². The lowest BCUT2D eigenvalue weighted by molar-refractivity contribution is 0.368. The molecule has 3 rings (SSSR count). The number of ether oxygens (including phenoxy) is 1. The number of rotatable bonds is 7. The van der Waals surface area contributed by atoms with Crippen LogP contribution in [0.2, 0.25) is 0 Å². The van der Waals surface area contributed by atoms with Crippen LogP contribution in [0.15, 0.2) is 48.5 Å². The molecule has 1 atom stereocenters. The molecule has 0 bridgehead atoms. The van der Waals surface area contributed by atoms with Gasteiger partial charge in [0, 0.05) is 23.9 Å². The first-order valence-corrected chi connectivity index (χ1v) is 10.8. The number of methoxy groups -OCH3 is 1. The van der Waals surface area contributed by atoms with Crippen molar-refractivity contribution in [3.63, 3.8) is 0 Å². The molecule has 8 nitrogen and oxygen atoms in total. The second kappa shape index (κ2) is 9.33. The number of pyridine rings is 1. The number of aliphatic imine (C=N–C) groups is 1. The number of aromatic hydroxyl groups is 1. The molecule has 0 saturated carbocycles. The molecule has 8 heteroatoms. The van der Waals surface area contributed by atoms with Gasteiger partial charge < -0.3 is 9.84 Å². The SMILES string of the molecule is C=C/C(=C\N=C(OC)C(C)CC)c1cc(C)c2c(O)n(-c3cnn(C(C)(C)C#N)c3)cc2n1. The maximum atomic E-state index is 10.9. The van der Waals surface area contributed by atoms with Crippen LogP contribution < -0.4 is 0 Å². The number of nitrogens with zero attached hydrogens (tertiary/aromatic N) is 6. The standard InChI is InChI=1S/C25H30N6O2/c1-8-16(3)23(33-7)27-11-18(9-2)20-10-17(4)22-21(29-20)14-30(24(22)32)19-12-28-31(13-19)25(5,6)15-26/h9-14,16,32H,2,8H2,1,3-7H3/b18-11+,27-23?. The van der Waals surface area contributed by atoms with Crippen molar-refractivity contribution in [1.82, 2.24) is 19.3 Å². The molecule has 172 valence electrons. The summed E-state index contributed by atoms with van der Waals surface area (Å²) in [6.07, 6.45) is 9.41. The fourth-order valence-corrected chi connectivity index (χ4v) is 3.44. The van der Waals surface area contributed by atoms with Gasteiger partial charge in [-0.3, -0.25) is 9.25 Å². The van der Waals surface area contributed by atoms with Crippen molar-refractivity contribution < 1.29 is 9.84 Å². The van der Waals surface area contributed by atoms with E-state index in [0.29, 0.717) is 28.2 Å². The molecule has 0 fully saturated rings. The minimum absolute atomic E-state index is 0.0662. The number of aryl methyl sites for hydroxylation is 1. The third kappa shape index (κ3) is 4.53. The summed E-state index contributed by atoms with van der Waals surface area (Å²) in [6.45, 7) is 13.5. The Morgan fingerprint density at radius 1 is 1.42 bits per heavy atom. The summed E-state index contributed by atoms with van der Waals surface area (Å²) >= 11 is 0. The van der Waals surface area contributed by atoms with Gasteiger partial charge in [-0.1, -0.05) is 26.5 Å². The molecule has 0 aliphatic heterocycles. The molecule has 3 heterocycles. The van der Waals surface area contributed by atoms with Crippen molar-refractivity contribution in [3.8, 4) is 17.6 Å². The summed E-state index contributed by atoms with van der Waals surface area (Å²) in [5.41, 5.74) is 2.76. The minimum Gasteiger partial charge on any atom is -0.494 e. The molecule has 0 aromatic carbocycles. The Morgan fingerprint density at radius 2 is 2.15 bits per heavy atom. The summed E-state index contributed by atoms with van der Waals surface area (Å²) in [5, 5.41) is 25.2. The summed E-state index contributed by atoms with van der Waals surface area (Å²) in [6, 6.07) is 4.11. The van der Waals surface area contributed by atoms with Gasteiger partial charge in [-0.2, -0.15) is 10.4 Å². The van der Waals surface area contributed by atoms with Gasteiger partial charge in [0.25, 0.3) is 0 Å². The predicted molar refractivity (Wildman–Crippen MR) is 130 cm³/mol. The van der Waals surface area contributed by atoms with Crippen molar-refractivity contribution >= 4 is 22.4 Å². The normalized spacial score (nSPS) is 13.7. The molecular weight excluding hydrogens is 416 g/mol. The molecule has 0 radical (unpaired) electrons. The van der Waals surface area contributed by atoms with Gasteiger partial charge in [0.05, 0.1) is 47.9 Å². The molecule has 0 spiro atoms. The maximum absolute atomic E-state index is 10.9. The highest BCUT2D eigenvalue weighted by atomic mass is 16.5. The Hall–Kier alpha value is -3.86. The van der Waals surface area contributed by atoms with Gasteiger partial charge in [-0.25, -0.2) is 9.98 Å². The molecule has 0 saturated heterocycles. The van der Waals surface area contributed by atoms with Crippen LogP contribution in [-0.2, 0) is 10.3 Å². The zero-order valence-corrected chi connectivity index (χ0v) is 20.0. The van der Waals surface area contributed by atoms with Gasteiger partial charge in [0.2, 0.25) is 5.88 Å². The van der Waals surface area contributed by atoms with Crippen LogP contribution in [0.4, 0.5) is 0 Å². The molecule has 3 aromatic heterocycles. The Balaban J connectivity index is 2.08. The lowest BCUT2D eigenvalue weighted by Gasteiger charge is -2.15. The first kappa shape index (κ1) is 23.8. The lowest BCUT2D eigenvalue weighted by atomic mass is 10.1. The molecule has 1 unspecified atom stereocenters. The Kier molecular flexibility index (Phi) is 6.73. The van der Waals surface area contributed by atoms with Crippen molar-refractivity contribution in [3.05, 3.63) is 54.8 Å². The van der Waals surface area contributed by atoms with Crippen LogP contribution >= 0.6 is 0 Å². The number of hydrogen-bond acceptors (Lipinski definition) is 6. The summed E-state index contributed by atoms with van der Waals surface area (Å²) in [4.78, 5) is 9.25. The molecule has 0 amide bonds. The monoisotopic (exact) mass is 446 g/mol. The maximum Gasteiger partial charge on any atom is 0.205 e. The molecule has 0 aliphatic carbocycles. The number of nitriles is 1. The topological polar surface area (TPSA) is 101 Å². The smallest absolute Gasteiger partial charge is 0.205 e. The van der Waals surface area contributed by atoms with Crippen molar-refractivity contribution in [2.75, 3.05) is 7.11 Å². The van der Waals surface area contributed by atoms with E-state index in [1.165, 1.54) is 0 Å². The predicted octanol–water partition coefficient (Wildman–Crippen LogP) is 5.11. The second-order valence-corrected chi connectivity index (χ2v) is 8.49. The van der Waals surface area contributed by atoms with E-state index in [-0.39, 0.29) is 11.8 Å². The van der Waals surface area contributed by atoms with E-state index < -0.39 is 5.54 Å². The van der Waals surface area contributed by atoms with E-state index in [0.717, 1.165) is 17.6 Å². The summed E-state index contributed by atoms with van der Waals surface area (Å²) in [7, 11) is 1.62. The largest absolute Gasteiger partial charge is 0.494 e. The Bertz CT molecular complexity index is 1290. The third-order valence-electron chi connectivity index (χ3n) is 5.73. The average Bonchev–Trinajstić information content (AvgIpc) is 3.42. The number of allylic oxidation sites excluding steroid dienone is 2. The number of hydrogen-bond donors (Lipinski definition) is 1. The highest BCUT2D eigenvalue weighted by Gasteiger charge is 2.22. The van der Waals surface area contributed by atoms with E-state index in [2.05, 4.69) is 36.6 Å². The fraction of sp³-hybridized carbons (Fsp3) is 0.360. The van der Waals surface area contributed by atoms with Crippen LogP contribution in [0.1, 0.15) is 45.4 Å². The van der Waals surface area contributed by atoms with E-state index >= 15 is 0 Å². The lowest BCUT2D eigenvalue weighted by Crippen LogP contribution is -2.24. The number of aromatic nitrogens is 4. The van der Waals surface area contributed by atoms with E-state index in [1.807, 2.05) is 13.0 Å². The fourth-order valence-electron chi connectivity index (χ4n) is 3.44. The van der Waals surface area contributed by atoms with Gasteiger partial charge in [-0.05, 0) is 38.8 Å². The van der Waals surface area contributed by atoms with Crippen molar-refractivity contribution in [2.24, 2.45) is 10.9 Å². The zero-order chi connectivity index (χ0) is 24.3. The first-order chi connectivity index (χ1) is 15.7. The second-order valence-electron chi connectivity index (χ2n) is 8.49. The number of fused-ring (bicyclic) bond motifs is 1. The van der Waals surface area contributed by atoms with Gasteiger partial charge in [0.1, 0.15) is 5.54 Å². The average molecular weight is 447 g/mol. The van der Waals surface area contributed by atoms with Gasteiger partial charge in [0.15, 0.2) is 5.90 Å². The highest BCUT2D eigenvalue weighted by Crippen LogP contribution is 2.33. The quantitative estimate of drug-likeness (QED) is 0.309. The molecule has 0 aliphatic rings. The first-order valence-electron chi connectivity index (χ1n) is 10.8. The van der Waals surface area contributed by atoms with Crippen LogP contribution in [0.5, 0.6) is 5.88 Å². The van der Waals surface area contributed by atoms with Gasteiger partial charge >= 0.3 is 0 Å². The van der Waals surface area contributed by atoms with Crippen LogP contribution in [-0.4, -0.2) is 37.4 Å². The Labute approximate surface area is 194 Å². The molecule has 1 N–H and O–H groups in total. The Morgan fingerprint density at radius 3 is 2.76 bits per heavy atom. The van der Waals surface area contributed by atoms with Crippen LogP contribution in [0, 0.1) is 24.2 Å².